The lowest BCUT2D eigenvalue weighted by molar-refractivity contribution is 0.988. The van der Waals surface area contributed by atoms with Crippen LogP contribution in [0.2, 0.25) is 0 Å². The summed E-state index contributed by atoms with van der Waals surface area (Å²) >= 11 is 1.47. The molecule has 0 spiro atoms. The van der Waals surface area contributed by atoms with Crippen molar-refractivity contribution in [2.75, 3.05) is 5.32 Å². The van der Waals surface area contributed by atoms with Crippen LogP contribution < -0.4 is 10.9 Å². The van der Waals surface area contributed by atoms with Crippen LogP contribution in [-0.2, 0) is 6.54 Å². The molecule has 0 aliphatic heterocycles. The molecule has 0 saturated carbocycles. The third-order valence-electron chi connectivity index (χ3n) is 3.21. The Bertz CT molecular complexity index is 819. The molecule has 0 fully saturated rings. The molecule has 0 aliphatic carbocycles. The van der Waals surface area contributed by atoms with E-state index in [1.54, 1.807) is 16.7 Å². The molecule has 3 rings (SSSR count). The van der Waals surface area contributed by atoms with Gasteiger partial charge in [-0.3, -0.25) is 9.20 Å². The lowest BCUT2D eigenvalue weighted by atomic mass is 10.1. The molecule has 2 aromatic heterocycles. The van der Waals surface area contributed by atoms with E-state index in [0.717, 1.165) is 16.3 Å². The first kappa shape index (κ1) is 12.9. The molecule has 4 nitrogen and oxygen atoms in total. The summed E-state index contributed by atoms with van der Waals surface area (Å²) < 4.78 is 1.56. The fourth-order valence-corrected chi connectivity index (χ4v) is 2.83. The molecule has 0 bridgehead atoms. The Balaban J connectivity index is 1.86. The summed E-state index contributed by atoms with van der Waals surface area (Å²) in [6, 6.07) is 7.86. The first-order valence-corrected chi connectivity index (χ1v) is 7.28. The smallest absolute Gasteiger partial charge is 0.258 e. The molecule has 1 aromatic carbocycles. The first-order valence-electron chi connectivity index (χ1n) is 6.40. The van der Waals surface area contributed by atoms with E-state index in [9.17, 15) is 4.79 Å². The summed E-state index contributed by atoms with van der Waals surface area (Å²) in [6.07, 6.45) is 1.75. The van der Waals surface area contributed by atoms with Gasteiger partial charge in [0.05, 0.1) is 12.2 Å². The highest BCUT2D eigenvalue weighted by Crippen LogP contribution is 2.17. The summed E-state index contributed by atoms with van der Waals surface area (Å²) in [6.45, 7) is 4.67. The molecule has 2 heterocycles. The van der Waals surface area contributed by atoms with Crippen molar-refractivity contribution in [3.05, 3.63) is 63.0 Å². The van der Waals surface area contributed by atoms with Crippen molar-refractivity contribution in [3.63, 3.8) is 0 Å². The highest BCUT2D eigenvalue weighted by Gasteiger charge is 2.04. The van der Waals surface area contributed by atoms with Gasteiger partial charge < -0.3 is 5.32 Å². The van der Waals surface area contributed by atoms with Gasteiger partial charge >= 0.3 is 0 Å². The Morgan fingerprint density at radius 3 is 3.00 bits per heavy atom. The highest BCUT2D eigenvalue weighted by atomic mass is 32.1. The van der Waals surface area contributed by atoms with Crippen molar-refractivity contribution in [2.45, 2.75) is 20.4 Å². The van der Waals surface area contributed by atoms with Crippen LogP contribution in [0.4, 0.5) is 5.69 Å². The second-order valence-electron chi connectivity index (χ2n) is 4.81. The fourth-order valence-electron chi connectivity index (χ4n) is 2.09. The van der Waals surface area contributed by atoms with Gasteiger partial charge in [0.25, 0.3) is 5.56 Å². The van der Waals surface area contributed by atoms with Crippen LogP contribution in [-0.4, -0.2) is 9.38 Å². The number of hydrogen-bond donors (Lipinski definition) is 1. The Morgan fingerprint density at radius 1 is 1.30 bits per heavy atom. The molecule has 0 radical (unpaired) electrons. The number of nitrogens with one attached hydrogen (secondary N) is 1. The average molecular weight is 285 g/mol. The molecule has 20 heavy (non-hydrogen) atoms. The van der Waals surface area contributed by atoms with Crippen LogP contribution in [0.5, 0.6) is 0 Å². The van der Waals surface area contributed by atoms with Crippen molar-refractivity contribution in [1.29, 1.82) is 0 Å². The van der Waals surface area contributed by atoms with Crippen LogP contribution in [0.3, 0.4) is 0 Å². The molecule has 102 valence electrons. The normalized spacial score (nSPS) is 10.9. The molecule has 0 atom stereocenters. The quantitative estimate of drug-likeness (QED) is 0.804. The van der Waals surface area contributed by atoms with Crippen molar-refractivity contribution in [3.8, 4) is 0 Å². The second-order valence-corrected chi connectivity index (χ2v) is 5.69. The molecular weight excluding hydrogens is 270 g/mol. The molecule has 0 amide bonds. The topological polar surface area (TPSA) is 46.4 Å². The number of thiazole rings is 1. The van der Waals surface area contributed by atoms with E-state index in [2.05, 4.69) is 42.3 Å². The lowest BCUT2D eigenvalue weighted by Gasteiger charge is -2.10. The number of aryl methyl sites for hydroxylation is 2. The monoisotopic (exact) mass is 285 g/mol. The zero-order valence-electron chi connectivity index (χ0n) is 11.4. The number of hydrogen-bond acceptors (Lipinski definition) is 4. The van der Waals surface area contributed by atoms with Gasteiger partial charge in [-0.25, -0.2) is 4.98 Å². The van der Waals surface area contributed by atoms with Gasteiger partial charge in [-0.15, -0.1) is 11.3 Å². The van der Waals surface area contributed by atoms with Crippen molar-refractivity contribution in [1.82, 2.24) is 9.38 Å². The van der Waals surface area contributed by atoms with E-state index in [1.807, 2.05) is 5.38 Å². The van der Waals surface area contributed by atoms with Crippen LogP contribution in [0.25, 0.3) is 4.96 Å². The van der Waals surface area contributed by atoms with Crippen LogP contribution >= 0.6 is 11.3 Å². The summed E-state index contributed by atoms with van der Waals surface area (Å²) in [4.78, 5) is 17.1. The lowest BCUT2D eigenvalue weighted by Crippen LogP contribution is -2.14. The molecule has 1 N–H and O–H groups in total. The maximum absolute atomic E-state index is 11.9. The third kappa shape index (κ3) is 2.44. The minimum Gasteiger partial charge on any atom is -0.379 e. The van der Waals surface area contributed by atoms with Crippen LogP contribution in [0.1, 0.15) is 16.8 Å². The second kappa shape index (κ2) is 5.09. The van der Waals surface area contributed by atoms with Gasteiger partial charge in [0.1, 0.15) is 0 Å². The summed E-state index contributed by atoms with van der Waals surface area (Å²) in [7, 11) is 0. The number of aromatic nitrogens is 2. The van der Waals surface area contributed by atoms with E-state index in [1.165, 1.54) is 22.5 Å². The predicted octanol–water partition coefficient (Wildman–Crippen LogP) is 2.98. The van der Waals surface area contributed by atoms with Crippen molar-refractivity contribution in [2.24, 2.45) is 0 Å². The molecule has 0 aliphatic rings. The van der Waals surface area contributed by atoms with Crippen LogP contribution in [0, 0.1) is 13.8 Å². The van der Waals surface area contributed by atoms with E-state index in [-0.39, 0.29) is 5.56 Å². The molecule has 5 heteroatoms. The number of rotatable bonds is 3. The number of benzene rings is 1. The number of nitrogens with zero attached hydrogens (tertiary/aromatic N) is 2. The van der Waals surface area contributed by atoms with Gasteiger partial charge in [0, 0.05) is 23.3 Å². The number of fused-ring (bicyclic) bond motifs is 1. The zero-order valence-corrected chi connectivity index (χ0v) is 12.2. The molecule has 0 unspecified atom stereocenters. The van der Waals surface area contributed by atoms with E-state index in [4.69, 9.17) is 0 Å². The van der Waals surface area contributed by atoms with E-state index >= 15 is 0 Å². The number of anilines is 1. The highest BCUT2D eigenvalue weighted by molar-refractivity contribution is 7.15. The van der Waals surface area contributed by atoms with E-state index < -0.39 is 0 Å². The Hall–Kier alpha value is -2.14. The van der Waals surface area contributed by atoms with Gasteiger partial charge in [0.15, 0.2) is 4.96 Å². The molecule has 3 aromatic rings. The average Bonchev–Trinajstić information content (AvgIpc) is 2.89. The largest absolute Gasteiger partial charge is 0.379 e. The summed E-state index contributed by atoms with van der Waals surface area (Å²) in [5.74, 6) is 0. The minimum absolute atomic E-state index is 0.0333. The van der Waals surface area contributed by atoms with Crippen LogP contribution in [0.15, 0.2) is 40.6 Å². The maximum Gasteiger partial charge on any atom is 0.258 e. The van der Waals surface area contributed by atoms with Gasteiger partial charge in [-0.2, -0.15) is 0 Å². The molecular formula is C15H15N3OS. The van der Waals surface area contributed by atoms with E-state index in [0.29, 0.717) is 6.54 Å². The SMILES string of the molecule is Cc1ccc(C)c(NCc2cc(=O)n3ccsc3n2)c1. The van der Waals surface area contributed by atoms with Gasteiger partial charge in [0.2, 0.25) is 0 Å². The standard InChI is InChI=1S/C15H15N3OS/c1-10-3-4-11(2)13(7-10)16-9-12-8-14(19)18-5-6-20-15(18)17-12/h3-8,16H,9H2,1-2H3. The Morgan fingerprint density at radius 2 is 2.15 bits per heavy atom. The molecule has 0 saturated heterocycles. The Kier molecular flexibility index (Phi) is 3.28. The predicted molar refractivity (Wildman–Crippen MR) is 82.6 cm³/mol. The zero-order chi connectivity index (χ0) is 14.1. The third-order valence-corrected chi connectivity index (χ3v) is 3.97. The van der Waals surface area contributed by atoms with Crippen molar-refractivity contribution >= 4 is 22.0 Å². The first-order chi connectivity index (χ1) is 9.63. The van der Waals surface area contributed by atoms with Crippen molar-refractivity contribution < 1.29 is 0 Å². The minimum atomic E-state index is -0.0333. The summed E-state index contributed by atoms with van der Waals surface area (Å²) in [5, 5.41) is 5.21. The maximum atomic E-state index is 11.9. The van der Waals surface area contributed by atoms with Gasteiger partial charge in [-0.05, 0) is 31.0 Å². The Labute approximate surface area is 120 Å². The van der Waals surface area contributed by atoms with Gasteiger partial charge in [-0.1, -0.05) is 12.1 Å². The fraction of sp³-hybridized carbons (Fsp3) is 0.200. The summed E-state index contributed by atoms with van der Waals surface area (Å²) in [5.41, 5.74) is 4.20.